The molecule has 2 heterocycles. The van der Waals surface area contributed by atoms with Gasteiger partial charge >= 0.3 is 0 Å². The molecule has 1 amide bonds. The van der Waals surface area contributed by atoms with Crippen LogP contribution in [-0.2, 0) is 4.79 Å². The number of benzene rings is 2. The highest BCUT2D eigenvalue weighted by Crippen LogP contribution is 2.35. The van der Waals surface area contributed by atoms with E-state index in [0.29, 0.717) is 6.54 Å². The number of hydrogen-bond donors (Lipinski definition) is 1. The van der Waals surface area contributed by atoms with Crippen molar-refractivity contribution in [3.63, 3.8) is 0 Å². The number of carbonyl (C=O) groups excluding carboxylic acids is 1. The van der Waals surface area contributed by atoms with Gasteiger partial charge in [-0.15, -0.1) is 11.3 Å². The number of para-hydroxylation sites is 1. The average molecular weight is 382 g/mol. The number of rotatable bonds is 5. The third-order valence-electron chi connectivity index (χ3n) is 4.91. The van der Waals surface area contributed by atoms with Crippen LogP contribution in [0.4, 0.5) is 5.69 Å². The lowest BCUT2D eigenvalue weighted by atomic mass is 10.0. The predicted molar refractivity (Wildman–Crippen MR) is 109 cm³/mol. The first kappa shape index (κ1) is 17.9. The van der Waals surface area contributed by atoms with Crippen LogP contribution >= 0.6 is 11.3 Å². The normalized spacial score (nSPS) is 17.7. The van der Waals surface area contributed by atoms with Gasteiger partial charge in [0.1, 0.15) is 10.8 Å². The van der Waals surface area contributed by atoms with Crippen molar-refractivity contribution in [1.82, 2.24) is 9.88 Å². The minimum absolute atomic E-state index is 0.00346. The molecule has 1 fully saturated rings. The second-order valence-corrected chi connectivity index (χ2v) is 7.84. The lowest BCUT2D eigenvalue weighted by Crippen LogP contribution is -2.39. The van der Waals surface area contributed by atoms with E-state index in [1.165, 1.54) is 11.1 Å². The number of anilines is 1. The first-order chi connectivity index (χ1) is 13.2. The summed E-state index contributed by atoms with van der Waals surface area (Å²) in [6, 6.07) is 15.9. The molecule has 1 saturated heterocycles. The van der Waals surface area contributed by atoms with Gasteiger partial charge in [0.2, 0.25) is 5.91 Å². The Morgan fingerprint density at radius 1 is 1.26 bits per heavy atom. The van der Waals surface area contributed by atoms with Crippen LogP contribution < -0.4 is 10.1 Å². The number of nitrogens with one attached hydrogen (secondary N) is 1. The van der Waals surface area contributed by atoms with E-state index in [9.17, 15) is 4.79 Å². The summed E-state index contributed by atoms with van der Waals surface area (Å²) in [6.45, 7) is 1.30. The molecule has 1 aliphatic rings. The highest BCUT2D eigenvalue weighted by atomic mass is 32.1. The molecule has 3 aromatic rings. The highest BCUT2D eigenvalue weighted by molar-refractivity contribution is 7.18. The van der Waals surface area contributed by atoms with Crippen molar-refractivity contribution in [2.45, 2.75) is 25.3 Å². The van der Waals surface area contributed by atoms with Crippen LogP contribution in [0.25, 0.3) is 10.2 Å². The maximum absolute atomic E-state index is 12.6. The SMILES string of the molecule is COc1cccc(NC(=O)CN2CCCC[C@H]2c2nc3ccccc3s2)c1. The summed E-state index contributed by atoms with van der Waals surface area (Å²) in [6.07, 6.45) is 3.34. The van der Waals surface area contributed by atoms with Gasteiger partial charge in [-0.05, 0) is 43.7 Å². The van der Waals surface area contributed by atoms with Crippen LogP contribution in [-0.4, -0.2) is 36.0 Å². The Balaban J connectivity index is 1.47. The zero-order valence-electron chi connectivity index (χ0n) is 15.4. The molecular formula is C21H23N3O2S. The van der Waals surface area contributed by atoms with Crippen LogP contribution in [0.15, 0.2) is 48.5 Å². The lowest BCUT2D eigenvalue weighted by molar-refractivity contribution is -0.118. The van der Waals surface area contributed by atoms with Gasteiger partial charge in [-0.2, -0.15) is 0 Å². The van der Waals surface area contributed by atoms with Gasteiger partial charge in [0.15, 0.2) is 0 Å². The summed E-state index contributed by atoms with van der Waals surface area (Å²) in [5.74, 6) is 0.731. The topological polar surface area (TPSA) is 54.5 Å². The van der Waals surface area contributed by atoms with Gasteiger partial charge in [-0.25, -0.2) is 4.98 Å². The molecule has 0 aliphatic carbocycles. The number of aromatic nitrogens is 1. The van der Waals surface area contributed by atoms with Gasteiger partial charge in [0, 0.05) is 11.8 Å². The molecule has 4 rings (SSSR count). The zero-order chi connectivity index (χ0) is 18.6. The lowest BCUT2D eigenvalue weighted by Gasteiger charge is -2.33. The van der Waals surface area contributed by atoms with Crippen molar-refractivity contribution in [2.75, 3.05) is 25.5 Å². The molecule has 1 atom stereocenters. The van der Waals surface area contributed by atoms with E-state index >= 15 is 0 Å². The predicted octanol–water partition coefficient (Wildman–Crippen LogP) is 4.47. The van der Waals surface area contributed by atoms with Gasteiger partial charge in [0.25, 0.3) is 0 Å². The Morgan fingerprint density at radius 2 is 2.15 bits per heavy atom. The maximum atomic E-state index is 12.6. The van der Waals surface area contributed by atoms with Crippen molar-refractivity contribution in [3.05, 3.63) is 53.5 Å². The molecule has 0 radical (unpaired) electrons. The molecule has 0 bridgehead atoms. The molecule has 1 aromatic heterocycles. The number of methoxy groups -OCH3 is 1. The van der Waals surface area contributed by atoms with Crippen LogP contribution in [0.1, 0.15) is 30.3 Å². The maximum Gasteiger partial charge on any atom is 0.238 e. The molecule has 0 saturated carbocycles. The van der Waals surface area contributed by atoms with E-state index in [0.717, 1.165) is 41.3 Å². The van der Waals surface area contributed by atoms with E-state index in [1.807, 2.05) is 36.4 Å². The monoisotopic (exact) mass is 381 g/mol. The number of piperidine rings is 1. The smallest absolute Gasteiger partial charge is 0.238 e. The number of nitrogens with zero attached hydrogens (tertiary/aromatic N) is 2. The number of ether oxygens (including phenoxy) is 1. The summed E-state index contributed by atoms with van der Waals surface area (Å²) in [7, 11) is 1.62. The molecule has 0 spiro atoms. The number of likely N-dealkylation sites (tertiary alicyclic amines) is 1. The Bertz CT molecular complexity index is 907. The van der Waals surface area contributed by atoms with Crippen LogP contribution in [0, 0.1) is 0 Å². The number of fused-ring (bicyclic) bond motifs is 1. The second kappa shape index (κ2) is 8.06. The minimum atomic E-state index is -0.00346. The Morgan fingerprint density at radius 3 is 3.00 bits per heavy atom. The largest absolute Gasteiger partial charge is 0.497 e. The summed E-state index contributed by atoms with van der Waals surface area (Å²) < 4.78 is 6.43. The molecule has 0 unspecified atom stereocenters. The van der Waals surface area contributed by atoms with Crippen LogP contribution in [0.5, 0.6) is 5.75 Å². The number of hydrogen-bond acceptors (Lipinski definition) is 5. The van der Waals surface area contributed by atoms with Crippen molar-refractivity contribution < 1.29 is 9.53 Å². The molecule has 140 valence electrons. The van der Waals surface area contributed by atoms with Crippen molar-refractivity contribution >= 4 is 33.1 Å². The average Bonchev–Trinajstić information content (AvgIpc) is 3.12. The Hall–Kier alpha value is -2.44. The van der Waals surface area contributed by atoms with E-state index in [1.54, 1.807) is 18.4 Å². The molecule has 1 N–H and O–H groups in total. The van der Waals surface area contributed by atoms with Gasteiger partial charge in [-0.1, -0.05) is 24.6 Å². The van der Waals surface area contributed by atoms with Crippen LogP contribution in [0.3, 0.4) is 0 Å². The van der Waals surface area contributed by atoms with Gasteiger partial charge in [0.05, 0.1) is 29.9 Å². The third kappa shape index (κ3) is 4.12. The Kier molecular flexibility index (Phi) is 5.36. The third-order valence-corrected chi connectivity index (χ3v) is 6.05. The van der Waals surface area contributed by atoms with E-state index in [2.05, 4.69) is 22.3 Å². The molecule has 1 aliphatic heterocycles. The van der Waals surface area contributed by atoms with Gasteiger partial charge in [-0.3, -0.25) is 9.69 Å². The molecule has 5 nitrogen and oxygen atoms in total. The first-order valence-electron chi connectivity index (χ1n) is 9.26. The van der Waals surface area contributed by atoms with E-state index < -0.39 is 0 Å². The minimum Gasteiger partial charge on any atom is -0.497 e. The summed E-state index contributed by atoms with van der Waals surface area (Å²) in [5, 5.41) is 4.10. The number of thiazole rings is 1. The van der Waals surface area contributed by atoms with E-state index in [-0.39, 0.29) is 11.9 Å². The molecule has 2 aromatic carbocycles. The van der Waals surface area contributed by atoms with Gasteiger partial charge < -0.3 is 10.1 Å². The fraction of sp³-hybridized carbons (Fsp3) is 0.333. The molecular weight excluding hydrogens is 358 g/mol. The Labute approximate surface area is 163 Å². The second-order valence-electron chi connectivity index (χ2n) is 6.78. The van der Waals surface area contributed by atoms with Crippen molar-refractivity contribution in [2.24, 2.45) is 0 Å². The quantitative estimate of drug-likeness (QED) is 0.708. The summed E-state index contributed by atoms with van der Waals surface area (Å²) in [4.78, 5) is 19.7. The first-order valence-corrected chi connectivity index (χ1v) is 10.1. The number of amides is 1. The van der Waals surface area contributed by atoms with Crippen molar-refractivity contribution in [1.29, 1.82) is 0 Å². The molecule has 6 heteroatoms. The highest BCUT2D eigenvalue weighted by Gasteiger charge is 2.28. The fourth-order valence-corrected chi connectivity index (χ4v) is 4.72. The van der Waals surface area contributed by atoms with Crippen LogP contribution in [0.2, 0.25) is 0 Å². The standard InChI is InChI=1S/C21H23N3O2S/c1-26-16-8-6-7-15(13-16)22-20(25)14-24-12-5-4-10-18(24)21-23-17-9-2-3-11-19(17)27-21/h2-3,6-9,11,13,18H,4-5,10,12,14H2,1H3,(H,22,25)/t18-/m0/s1. The summed E-state index contributed by atoms with van der Waals surface area (Å²) in [5.41, 5.74) is 1.80. The number of carbonyl (C=O) groups is 1. The fourth-order valence-electron chi connectivity index (χ4n) is 3.58. The zero-order valence-corrected chi connectivity index (χ0v) is 16.2. The van der Waals surface area contributed by atoms with E-state index in [4.69, 9.17) is 9.72 Å². The molecule has 27 heavy (non-hydrogen) atoms. The summed E-state index contributed by atoms with van der Waals surface area (Å²) >= 11 is 1.74. The van der Waals surface area contributed by atoms with Crippen molar-refractivity contribution in [3.8, 4) is 5.75 Å².